The third kappa shape index (κ3) is 10.7. The van der Waals surface area contributed by atoms with Gasteiger partial charge in [0.05, 0.1) is 6.42 Å². The van der Waals surface area contributed by atoms with E-state index in [1.807, 2.05) is 0 Å². The molecule has 262 valence electrons. The highest BCUT2D eigenvalue weighted by Crippen LogP contribution is 2.20. The number of carbonyl (C=O) groups excluding carboxylic acids is 6. The average Bonchev–Trinajstić information content (AvgIpc) is 3.51. The Labute approximate surface area is 276 Å². The molecule has 8 N–H and O–H groups in total. The van der Waals surface area contributed by atoms with Crippen LogP contribution in [0, 0.1) is 5.92 Å². The first-order chi connectivity index (χ1) is 22.7. The van der Waals surface area contributed by atoms with Gasteiger partial charge in [-0.2, -0.15) is 0 Å². The number of carbonyl (C=O) groups is 8. The second-order valence-corrected chi connectivity index (χ2v) is 12.1. The summed E-state index contributed by atoms with van der Waals surface area (Å²) in [5, 5.41) is 40.7. The Kier molecular flexibility index (Phi) is 13.3. The molecule has 1 aromatic rings. The molecule has 0 unspecified atom stereocenters. The number of amides is 6. The second kappa shape index (κ2) is 17.1. The van der Waals surface area contributed by atoms with Crippen molar-refractivity contribution in [2.75, 3.05) is 13.1 Å². The van der Waals surface area contributed by atoms with Crippen molar-refractivity contribution >= 4 is 47.4 Å². The van der Waals surface area contributed by atoms with E-state index in [9.17, 15) is 53.7 Å². The van der Waals surface area contributed by atoms with Crippen molar-refractivity contribution in [1.29, 1.82) is 0 Å². The molecular formula is C31H42N6O11. The Hall–Kier alpha value is -5.22. The van der Waals surface area contributed by atoms with Crippen LogP contribution >= 0.6 is 0 Å². The normalized spacial score (nSPS) is 25.0. The number of hydrogen-bond donors (Lipinski definition) is 8. The maximum Gasteiger partial charge on any atom is 0.305 e. The Bertz CT molecular complexity index is 1400. The molecule has 0 aromatic heterocycles. The lowest BCUT2D eigenvalue weighted by Gasteiger charge is -2.29. The number of phenols is 1. The van der Waals surface area contributed by atoms with Crippen LogP contribution in [0.2, 0.25) is 0 Å². The van der Waals surface area contributed by atoms with Crippen LogP contribution < -0.4 is 26.6 Å². The summed E-state index contributed by atoms with van der Waals surface area (Å²) in [5.74, 6) is -8.02. The van der Waals surface area contributed by atoms with Gasteiger partial charge in [-0.3, -0.25) is 38.4 Å². The van der Waals surface area contributed by atoms with Gasteiger partial charge in [-0.1, -0.05) is 26.0 Å². The molecule has 0 spiro atoms. The fourth-order valence-corrected chi connectivity index (χ4v) is 5.49. The van der Waals surface area contributed by atoms with Crippen LogP contribution in [0.5, 0.6) is 5.75 Å². The van der Waals surface area contributed by atoms with Crippen molar-refractivity contribution in [3.63, 3.8) is 0 Å². The van der Waals surface area contributed by atoms with Crippen LogP contribution in [-0.2, 0) is 44.8 Å². The number of phenolic OH excluding ortho intramolecular Hbond substituents is 1. The summed E-state index contributed by atoms with van der Waals surface area (Å²) >= 11 is 0. The van der Waals surface area contributed by atoms with E-state index in [0.29, 0.717) is 18.4 Å². The minimum absolute atomic E-state index is 0.0173. The van der Waals surface area contributed by atoms with Crippen molar-refractivity contribution in [3.05, 3.63) is 29.8 Å². The number of hydrogen-bond acceptors (Lipinski definition) is 9. The van der Waals surface area contributed by atoms with E-state index in [0.717, 1.165) is 0 Å². The maximum atomic E-state index is 13.7. The molecule has 2 aliphatic heterocycles. The summed E-state index contributed by atoms with van der Waals surface area (Å²) in [6.07, 6.45) is -1.37. The van der Waals surface area contributed by atoms with Crippen LogP contribution in [0.25, 0.3) is 0 Å². The topological polar surface area (TPSA) is 261 Å². The van der Waals surface area contributed by atoms with Gasteiger partial charge in [-0.05, 0) is 42.9 Å². The maximum absolute atomic E-state index is 13.7. The number of aliphatic carboxylic acids is 2. The lowest BCUT2D eigenvalue weighted by Crippen LogP contribution is -2.60. The summed E-state index contributed by atoms with van der Waals surface area (Å²) < 4.78 is 0. The molecule has 1 aromatic carbocycles. The minimum Gasteiger partial charge on any atom is -0.508 e. The van der Waals surface area contributed by atoms with Gasteiger partial charge in [0.2, 0.25) is 35.4 Å². The van der Waals surface area contributed by atoms with Crippen molar-refractivity contribution in [2.24, 2.45) is 5.92 Å². The van der Waals surface area contributed by atoms with E-state index in [1.165, 1.54) is 17.0 Å². The van der Waals surface area contributed by atoms with Gasteiger partial charge in [0.15, 0.2) is 0 Å². The standard InChI is InChI=1S/C31H42N6O11/c1-16(2)26-31(48)33-19(9-10-24(40)41)28(45)34-21(15-25(42)43)27(44)32-12-11-23(39)37-13-3-4-22(37)30(47)35-20(29(46)36-26)14-17-5-7-18(38)8-6-17/h5-8,16,19-22,26,38H,3-4,9-15H2,1-2H3,(H,32,44)(H,33,48)(H,34,45)(H,35,47)(H,36,46)(H,40,41)(H,42,43)/t19-,20-,21-,22-,26-/m0/s1. The SMILES string of the molecule is CC(C)[C@@H]1NC(=O)[C@H](Cc2ccc(O)cc2)NC(=O)[C@@H]2CCCN2C(=O)CCNC(=O)[C@H](CC(=O)O)NC(=O)[C@H](CCC(=O)O)NC1=O. The van der Waals surface area contributed by atoms with Crippen LogP contribution in [0.1, 0.15) is 57.9 Å². The highest BCUT2D eigenvalue weighted by Gasteiger charge is 2.38. The van der Waals surface area contributed by atoms with Gasteiger partial charge in [0, 0.05) is 32.4 Å². The lowest BCUT2D eigenvalue weighted by atomic mass is 9.99. The molecule has 0 saturated carbocycles. The summed E-state index contributed by atoms with van der Waals surface area (Å²) in [7, 11) is 0. The Morgan fingerprint density at radius 3 is 2.06 bits per heavy atom. The Morgan fingerprint density at radius 2 is 1.44 bits per heavy atom. The zero-order valence-electron chi connectivity index (χ0n) is 26.7. The molecule has 17 heteroatoms. The van der Waals surface area contributed by atoms with E-state index in [4.69, 9.17) is 0 Å². The fraction of sp³-hybridized carbons (Fsp3) is 0.548. The average molecular weight is 675 g/mol. The van der Waals surface area contributed by atoms with Crippen LogP contribution in [0.15, 0.2) is 24.3 Å². The molecule has 0 aliphatic carbocycles. The summed E-state index contributed by atoms with van der Waals surface area (Å²) in [4.78, 5) is 104. The fourth-order valence-electron chi connectivity index (χ4n) is 5.49. The van der Waals surface area contributed by atoms with Crippen molar-refractivity contribution < 1.29 is 53.7 Å². The Balaban J connectivity index is 2.00. The molecule has 2 heterocycles. The van der Waals surface area contributed by atoms with E-state index >= 15 is 0 Å². The Morgan fingerprint density at radius 1 is 0.812 bits per heavy atom. The number of fused-ring (bicyclic) bond motifs is 1. The number of nitrogens with zero attached hydrogens (tertiary/aromatic N) is 1. The number of benzene rings is 1. The number of nitrogens with one attached hydrogen (secondary N) is 5. The highest BCUT2D eigenvalue weighted by atomic mass is 16.4. The smallest absolute Gasteiger partial charge is 0.305 e. The van der Waals surface area contributed by atoms with Crippen LogP contribution in [-0.4, -0.2) is 111 Å². The molecule has 3 rings (SSSR count). The summed E-state index contributed by atoms with van der Waals surface area (Å²) in [6.45, 7) is 3.20. The second-order valence-electron chi connectivity index (χ2n) is 12.1. The quantitative estimate of drug-likeness (QED) is 0.155. The molecule has 2 saturated heterocycles. The molecule has 48 heavy (non-hydrogen) atoms. The first kappa shape index (κ1) is 37.2. The van der Waals surface area contributed by atoms with Crippen molar-refractivity contribution in [2.45, 2.75) is 89.0 Å². The minimum atomic E-state index is -1.64. The van der Waals surface area contributed by atoms with Crippen molar-refractivity contribution in [1.82, 2.24) is 31.5 Å². The molecule has 0 bridgehead atoms. The predicted molar refractivity (Wildman–Crippen MR) is 166 cm³/mol. The van der Waals surface area contributed by atoms with E-state index in [-0.39, 0.29) is 31.7 Å². The van der Waals surface area contributed by atoms with Crippen molar-refractivity contribution in [3.8, 4) is 5.75 Å². The van der Waals surface area contributed by atoms with E-state index in [2.05, 4.69) is 26.6 Å². The highest BCUT2D eigenvalue weighted by molar-refractivity contribution is 5.97. The summed E-state index contributed by atoms with van der Waals surface area (Å²) in [5.41, 5.74) is 0.564. The molecule has 2 fully saturated rings. The van der Waals surface area contributed by atoms with Gasteiger partial charge in [0.25, 0.3) is 0 Å². The predicted octanol–water partition coefficient (Wildman–Crippen LogP) is -1.62. The monoisotopic (exact) mass is 674 g/mol. The number of aromatic hydroxyl groups is 1. The zero-order chi connectivity index (χ0) is 35.5. The zero-order valence-corrected chi connectivity index (χ0v) is 26.7. The summed E-state index contributed by atoms with van der Waals surface area (Å²) in [6, 6.07) is -0.715. The van der Waals surface area contributed by atoms with Crippen LogP contribution in [0.3, 0.4) is 0 Å². The van der Waals surface area contributed by atoms with Gasteiger partial charge in [-0.15, -0.1) is 0 Å². The molecule has 5 atom stereocenters. The number of carboxylic acids is 2. The van der Waals surface area contributed by atoms with Gasteiger partial charge in [0.1, 0.15) is 36.0 Å². The first-order valence-electron chi connectivity index (χ1n) is 15.7. The lowest BCUT2D eigenvalue weighted by molar-refractivity contribution is -0.141. The number of rotatable bonds is 8. The third-order valence-electron chi connectivity index (χ3n) is 8.06. The number of carboxylic acid groups (broad SMARTS) is 2. The molecule has 2 aliphatic rings. The largest absolute Gasteiger partial charge is 0.508 e. The molecule has 6 amide bonds. The van der Waals surface area contributed by atoms with E-state index in [1.54, 1.807) is 26.0 Å². The first-order valence-corrected chi connectivity index (χ1v) is 15.7. The van der Waals surface area contributed by atoms with Gasteiger partial charge < -0.3 is 46.8 Å². The molecule has 0 radical (unpaired) electrons. The van der Waals surface area contributed by atoms with E-state index < -0.39 is 103 Å². The van der Waals surface area contributed by atoms with Gasteiger partial charge >= 0.3 is 11.9 Å². The third-order valence-corrected chi connectivity index (χ3v) is 8.06. The van der Waals surface area contributed by atoms with Crippen LogP contribution in [0.4, 0.5) is 0 Å². The van der Waals surface area contributed by atoms with Gasteiger partial charge in [-0.25, -0.2) is 0 Å². The molecular weight excluding hydrogens is 632 g/mol. The molecule has 17 nitrogen and oxygen atoms in total.